The largest absolute Gasteiger partial charge is 0.489 e. The molecule has 0 saturated heterocycles. The molecule has 0 aromatic heterocycles. The van der Waals surface area contributed by atoms with E-state index in [9.17, 15) is 14.9 Å². The lowest BCUT2D eigenvalue weighted by molar-refractivity contribution is -0.384. The Kier molecular flexibility index (Phi) is 6.92. The molecule has 1 amide bonds. The highest BCUT2D eigenvalue weighted by Crippen LogP contribution is 2.24. The average molecular weight is 359 g/mol. The Morgan fingerprint density at radius 2 is 1.85 bits per heavy atom. The summed E-state index contributed by atoms with van der Waals surface area (Å²) in [6.45, 7) is 2.58. The quantitative estimate of drug-likeness (QED) is 0.405. The first-order chi connectivity index (χ1) is 12.5. The maximum Gasteiger partial charge on any atom is 0.269 e. The van der Waals surface area contributed by atoms with Gasteiger partial charge in [0.1, 0.15) is 18.4 Å². The number of amides is 1. The van der Waals surface area contributed by atoms with Crippen molar-refractivity contribution >= 4 is 23.0 Å². The number of carbonyl (C=O) groups excluding carboxylic acids is 1. The van der Waals surface area contributed by atoms with Crippen LogP contribution in [0.5, 0.6) is 5.75 Å². The first-order valence-electron chi connectivity index (χ1n) is 8.04. The zero-order chi connectivity index (χ0) is 18.9. The Morgan fingerprint density at radius 3 is 2.50 bits per heavy atom. The molecular weight excluding hydrogens is 338 g/mol. The number of hydrogen-bond donors (Lipinski definition) is 2. The molecule has 0 spiro atoms. The summed E-state index contributed by atoms with van der Waals surface area (Å²) in [6, 6.07) is 12.4. The van der Waals surface area contributed by atoms with E-state index in [0.717, 1.165) is 0 Å². The molecule has 0 aliphatic heterocycles. The van der Waals surface area contributed by atoms with Gasteiger partial charge in [-0.3, -0.25) is 14.9 Å². The Balaban J connectivity index is 1.97. The van der Waals surface area contributed by atoms with Gasteiger partial charge in [0.2, 0.25) is 5.91 Å². The lowest BCUT2D eigenvalue weighted by Gasteiger charge is -2.18. The third kappa shape index (κ3) is 5.45. The number of hydrogen-bond acceptors (Lipinski definition) is 6. The topological polar surface area (TPSA) is 103 Å². The van der Waals surface area contributed by atoms with Crippen LogP contribution in [0.2, 0.25) is 0 Å². The van der Waals surface area contributed by atoms with Crippen LogP contribution in [-0.2, 0) is 9.53 Å². The SMILES string of the molecule is COCCOc1ccccc1NC(C)C(=O)Nc1ccc([N+](=O)[O-])cc1. The standard InChI is InChI=1S/C18H21N3O5/c1-13(18(22)20-14-7-9-15(10-8-14)21(23)24)19-16-5-3-4-6-17(16)26-12-11-25-2/h3-10,13,19H,11-12H2,1-2H3,(H,20,22). The monoisotopic (exact) mass is 359 g/mol. The Bertz CT molecular complexity index is 749. The van der Waals surface area contributed by atoms with Crippen LogP contribution in [0.4, 0.5) is 17.1 Å². The second-order valence-corrected chi connectivity index (χ2v) is 5.50. The van der Waals surface area contributed by atoms with E-state index in [4.69, 9.17) is 9.47 Å². The Labute approximate surface area is 151 Å². The molecular formula is C18H21N3O5. The fourth-order valence-corrected chi connectivity index (χ4v) is 2.16. The van der Waals surface area contributed by atoms with Crippen molar-refractivity contribution in [1.82, 2.24) is 0 Å². The van der Waals surface area contributed by atoms with Crippen molar-refractivity contribution in [2.24, 2.45) is 0 Å². The molecule has 2 aromatic rings. The van der Waals surface area contributed by atoms with E-state index in [2.05, 4.69) is 10.6 Å². The first-order valence-corrected chi connectivity index (χ1v) is 8.04. The van der Waals surface area contributed by atoms with Gasteiger partial charge in [-0.1, -0.05) is 12.1 Å². The number of methoxy groups -OCH3 is 1. The van der Waals surface area contributed by atoms with Crippen molar-refractivity contribution in [3.8, 4) is 5.75 Å². The summed E-state index contributed by atoms with van der Waals surface area (Å²) in [5.41, 5.74) is 1.14. The Hall–Kier alpha value is -3.13. The molecule has 0 aliphatic carbocycles. The van der Waals surface area contributed by atoms with Crippen LogP contribution in [0.3, 0.4) is 0 Å². The van der Waals surface area contributed by atoms with E-state index in [1.807, 2.05) is 18.2 Å². The molecule has 0 heterocycles. The van der Waals surface area contributed by atoms with E-state index < -0.39 is 11.0 Å². The van der Waals surface area contributed by atoms with Crippen LogP contribution in [-0.4, -0.2) is 37.2 Å². The number of ether oxygens (including phenoxy) is 2. The molecule has 1 unspecified atom stereocenters. The van der Waals surface area contributed by atoms with Gasteiger partial charge in [0, 0.05) is 24.9 Å². The molecule has 0 bridgehead atoms. The lowest BCUT2D eigenvalue weighted by Crippen LogP contribution is -2.32. The number of nitrogens with one attached hydrogen (secondary N) is 2. The van der Waals surface area contributed by atoms with Crippen molar-refractivity contribution in [3.63, 3.8) is 0 Å². The highest BCUT2D eigenvalue weighted by molar-refractivity contribution is 5.96. The smallest absolute Gasteiger partial charge is 0.269 e. The number of nitro groups is 1. The Morgan fingerprint density at radius 1 is 1.15 bits per heavy atom. The van der Waals surface area contributed by atoms with Crippen LogP contribution in [0.1, 0.15) is 6.92 Å². The zero-order valence-corrected chi connectivity index (χ0v) is 14.6. The summed E-state index contributed by atoms with van der Waals surface area (Å²) < 4.78 is 10.6. The molecule has 0 fully saturated rings. The summed E-state index contributed by atoms with van der Waals surface area (Å²) >= 11 is 0. The van der Waals surface area contributed by atoms with Crippen molar-refractivity contribution in [1.29, 1.82) is 0 Å². The van der Waals surface area contributed by atoms with Crippen molar-refractivity contribution < 1.29 is 19.2 Å². The number of carbonyl (C=O) groups is 1. The summed E-state index contributed by atoms with van der Waals surface area (Å²) in [7, 11) is 1.60. The minimum atomic E-state index is -0.544. The number of nitrogens with zero attached hydrogens (tertiary/aromatic N) is 1. The van der Waals surface area contributed by atoms with Crippen molar-refractivity contribution in [3.05, 3.63) is 58.6 Å². The number of rotatable bonds is 9. The molecule has 26 heavy (non-hydrogen) atoms. The minimum absolute atomic E-state index is 0.0312. The number of anilines is 2. The molecule has 0 saturated carbocycles. The molecule has 0 aliphatic rings. The second kappa shape index (κ2) is 9.38. The van der Waals surface area contributed by atoms with Gasteiger partial charge >= 0.3 is 0 Å². The van der Waals surface area contributed by atoms with Crippen LogP contribution in [0, 0.1) is 10.1 Å². The van der Waals surface area contributed by atoms with Gasteiger partial charge < -0.3 is 20.1 Å². The molecule has 2 aromatic carbocycles. The van der Waals surface area contributed by atoms with Gasteiger partial charge in [0.25, 0.3) is 5.69 Å². The zero-order valence-electron chi connectivity index (χ0n) is 14.6. The molecule has 0 radical (unpaired) electrons. The first kappa shape index (κ1) is 19.2. The van der Waals surface area contributed by atoms with Gasteiger partial charge in [-0.05, 0) is 31.2 Å². The number of nitro benzene ring substituents is 1. The molecule has 2 rings (SSSR count). The van der Waals surface area contributed by atoms with E-state index in [1.54, 1.807) is 20.1 Å². The third-order valence-electron chi connectivity index (χ3n) is 3.54. The summed E-state index contributed by atoms with van der Waals surface area (Å²) in [5.74, 6) is 0.352. The van der Waals surface area contributed by atoms with E-state index in [-0.39, 0.29) is 11.6 Å². The average Bonchev–Trinajstić information content (AvgIpc) is 2.63. The predicted molar refractivity (Wildman–Crippen MR) is 98.6 cm³/mol. The molecule has 1 atom stereocenters. The van der Waals surface area contributed by atoms with Gasteiger partial charge in [-0.15, -0.1) is 0 Å². The van der Waals surface area contributed by atoms with Gasteiger partial charge in [-0.25, -0.2) is 0 Å². The molecule has 8 nitrogen and oxygen atoms in total. The molecule has 2 N–H and O–H groups in total. The van der Waals surface area contributed by atoms with Gasteiger partial charge in [0.05, 0.1) is 17.2 Å². The van der Waals surface area contributed by atoms with Crippen LogP contribution in [0.15, 0.2) is 48.5 Å². The fourth-order valence-electron chi connectivity index (χ4n) is 2.16. The lowest BCUT2D eigenvalue weighted by atomic mass is 10.2. The predicted octanol–water partition coefficient (Wildman–Crippen LogP) is 3.06. The summed E-state index contributed by atoms with van der Waals surface area (Å²) in [5, 5.41) is 16.5. The summed E-state index contributed by atoms with van der Waals surface area (Å²) in [4.78, 5) is 22.5. The maximum atomic E-state index is 12.3. The number of benzene rings is 2. The van der Waals surface area contributed by atoms with E-state index in [0.29, 0.717) is 30.3 Å². The van der Waals surface area contributed by atoms with Crippen LogP contribution in [0.25, 0.3) is 0 Å². The normalized spacial score (nSPS) is 11.5. The molecule has 138 valence electrons. The van der Waals surface area contributed by atoms with Crippen LogP contribution >= 0.6 is 0 Å². The second-order valence-electron chi connectivity index (χ2n) is 5.50. The van der Waals surface area contributed by atoms with Crippen LogP contribution < -0.4 is 15.4 Å². The van der Waals surface area contributed by atoms with E-state index >= 15 is 0 Å². The number of para-hydroxylation sites is 2. The van der Waals surface area contributed by atoms with Crippen molar-refractivity contribution in [2.45, 2.75) is 13.0 Å². The van der Waals surface area contributed by atoms with Gasteiger partial charge in [0.15, 0.2) is 0 Å². The highest BCUT2D eigenvalue weighted by Gasteiger charge is 2.15. The highest BCUT2D eigenvalue weighted by atomic mass is 16.6. The third-order valence-corrected chi connectivity index (χ3v) is 3.54. The van der Waals surface area contributed by atoms with Crippen molar-refractivity contribution in [2.75, 3.05) is 31.0 Å². The minimum Gasteiger partial charge on any atom is -0.489 e. The number of non-ortho nitro benzene ring substituents is 1. The van der Waals surface area contributed by atoms with E-state index in [1.165, 1.54) is 24.3 Å². The molecule has 8 heteroatoms. The van der Waals surface area contributed by atoms with Gasteiger partial charge in [-0.2, -0.15) is 0 Å². The fraction of sp³-hybridized carbons (Fsp3) is 0.278. The summed E-state index contributed by atoms with van der Waals surface area (Å²) in [6.07, 6.45) is 0. The maximum absolute atomic E-state index is 12.3.